The predicted octanol–water partition coefficient (Wildman–Crippen LogP) is 1.12. The van der Waals surface area contributed by atoms with Gasteiger partial charge in [-0.25, -0.2) is 4.79 Å². The maximum atomic E-state index is 10.5. The third kappa shape index (κ3) is 9.04. The van der Waals surface area contributed by atoms with Crippen molar-refractivity contribution in [3.8, 4) is 0 Å². The molecular weight excluding hydrogens is 172 g/mol. The van der Waals surface area contributed by atoms with Crippen LogP contribution in [0.15, 0.2) is 12.7 Å². The van der Waals surface area contributed by atoms with E-state index in [2.05, 4.69) is 11.3 Å². The van der Waals surface area contributed by atoms with Crippen LogP contribution in [0.1, 0.15) is 13.3 Å². The highest BCUT2D eigenvalue weighted by atomic mass is 16.7. The molecular formula is C9H16O4. The molecule has 0 atom stereocenters. The Morgan fingerprint density at radius 3 is 2.62 bits per heavy atom. The van der Waals surface area contributed by atoms with Crippen LogP contribution in [0.5, 0.6) is 0 Å². The van der Waals surface area contributed by atoms with Crippen molar-refractivity contribution in [2.24, 2.45) is 0 Å². The molecule has 0 bridgehead atoms. The Kier molecular flexibility index (Phi) is 8.60. The molecule has 0 aromatic heterocycles. The quantitative estimate of drug-likeness (QED) is 0.248. The minimum atomic E-state index is -0.477. The van der Waals surface area contributed by atoms with Crippen molar-refractivity contribution in [1.82, 2.24) is 0 Å². The second-order valence-electron chi connectivity index (χ2n) is 2.31. The Bertz CT molecular complexity index is 145. The standard InChI is InChI=1S/C9H16O4/c1-3-5-11-6-7-12-8-13-9(10)4-2/h4H,2-3,5-8H2,1H3. The minimum Gasteiger partial charge on any atom is -0.435 e. The second-order valence-corrected chi connectivity index (χ2v) is 2.31. The molecule has 4 nitrogen and oxygen atoms in total. The van der Waals surface area contributed by atoms with Gasteiger partial charge in [0.15, 0.2) is 6.79 Å². The number of rotatable bonds is 8. The number of hydrogen-bond donors (Lipinski definition) is 0. The van der Waals surface area contributed by atoms with Crippen molar-refractivity contribution in [2.45, 2.75) is 13.3 Å². The highest BCUT2D eigenvalue weighted by Gasteiger charge is 1.93. The third-order valence-corrected chi connectivity index (χ3v) is 1.17. The van der Waals surface area contributed by atoms with Crippen LogP contribution in [0.25, 0.3) is 0 Å². The number of hydrogen-bond acceptors (Lipinski definition) is 4. The zero-order valence-electron chi connectivity index (χ0n) is 7.95. The van der Waals surface area contributed by atoms with Gasteiger partial charge in [0.2, 0.25) is 0 Å². The summed E-state index contributed by atoms with van der Waals surface area (Å²) in [5.74, 6) is -0.477. The lowest BCUT2D eigenvalue weighted by molar-refractivity contribution is -0.151. The van der Waals surface area contributed by atoms with Gasteiger partial charge >= 0.3 is 5.97 Å². The zero-order valence-corrected chi connectivity index (χ0v) is 7.95. The van der Waals surface area contributed by atoms with Crippen molar-refractivity contribution in [3.05, 3.63) is 12.7 Å². The van der Waals surface area contributed by atoms with E-state index in [0.717, 1.165) is 19.1 Å². The highest BCUT2D eigenvalue weighted by molar-refractivity contribution is 5.81. The zero-order chi connectivity index (χ0) is 9.94. The van der Waals surface area contributed by atoms with E-state index in [1.165, 1.54) is 0 Å². The first-order valence-corrected chi connectivity index (χ1v) is 4.26. The van der Waals surface area contributed by atoms with Gasteiger partial charge < -0.3 is 14.2 Å². The Balaban J connectivity index is 2.99. The van der Waals surface area contributed by atoms with Gasteiger partial charge in [-0.05, 0) is 6.42 Å². The molecule has 0 rings (SSSR count). The first-order chi connectivity index (χ1) is 6.31. The van der Waals surface area contributed by atoms with Crippen LogP contribution in [-0.2, 0) is 19.0 Å². The summed E-state index contributed by atoms with van der Waals surface area (Å²) in [5.41, 5.74) is 0. The van der Waals surface area contributed by atoms with Gasteiger partial charge in [-0.15, -0.1) is 0 Å². The molecule has 13 heavy (non-hydrogen) atoms. The van der Waals surface area contributed by atoms with Crippen molar-refractivity contribution in [1.29, 1.82) is 0 Å². The number of carbonyl (C=O) groups excluding carboxylic acids is 1. The molecule has 0 aliphatic carbocycles. The Morgan fingerprint density at radius 2 is 2.00 bits per heavy atom. The molecule has 0 radical (unpaired) electrons. The molecule has 0 fully saturated rings. The van der Waals surface area contributed by atoms with Crippen molar-refractivity contribution in [3.63, 3.8) is 0 Å². The monoisotopic (exact) mass is 188 g/mol. The summed E-state index contributed by atoms with van der Waals surface area (Å²) in [6.07, 6.45) is 2.09. The van der Waals surface area contributed by atoms with Crippen molar-refractivity contribution >= 4 is 5.97 Å². The van der Waals surface area contributed by atoms with Crippen LogP contribution < -0.4 is 0 Å². The summed E-state index contributed by atoms with van der Waals surface area (Å²) < 4.78 is 14.6. The highest BCUT2D eigenvalue weighted by Crippen LogP contribution is 1.84. The Hall–Kier alpha value is -0.870. The molecule has 0 N–H and O–H groups in total. The molecule has 0 aliphatic rings. The number of ether oxygens (including phenoxy) is 3. The fourth-order valence-corrected chi connectivity index (χ4v) is 0.582. The lowest BCUT2D eigenvalue weighted by Crippen LogP contribution is -2.10. The number of carbonyl (C=O) groups is 1. The lowest BCUT2D eigenvalue weighted by atomic mass is 10.5. The number of esters is 1. The van der Waals surface area contributed by atoms with E-state index in [-0.39, 0.29) is 6.79 Å². The lowest BCUT2D eigenvalue weighted by Gasteiger charge is -2.04. The van der Waals surface area contributed by atoms with Crippen LogP contribution >= 0.6 is 0 Å². The summed E-state index contributed by atoms with van der Waals surface area (Å²) in [7, 11) is 0. The SMILES string of the molecule is C=CC(=O)OCOCCOCCC. The third-order valence-electron chi connectivity index (χ3n) is 1.17. The molecule has 4 heteroatoms. The predicted molar refractivity (Wildman–Crippen MR) is 48.2 cm³/mol. The van der Waals surface area contributed by atoms with E-state index in [1.54, 1.807) is 0 Å². The normalized spacial score (nSPS) is 9.62. The van der Waals surface area contributed by atoms with E-state index >= 15 is 0 Å². The average molecular weight is 188 g/mol. The largest absolute Gasteiger partial charge is 0.435 e. The van der Waals surface area contributed by atoms with E-state index in [9.17, 15) is 4.79 Å². The van der Waals surface area contributed by atoms with Gasteiger partial charge in [0.05, 0.1) is 13.2 Å². The summed E-state index contributed by atoms with van der Waals surface area (Å²) in [6, 6.07) is 0. The summed E-state index contributed by atoms with van der Waals surface area (Å²) in [6.45, 7) is 6.93. The maximum Gasteiger partial charge on any atom is 0.332 e. The molecule has 76 valence electrons. The molecule has 0 unspecified atom stereocenters. The van der Waals surface area contributed by atoms with E-state index in [4.69, 9.17) is 9.47 Å². The van der Waals surface area contributed by atoms with Crippen LogP contribution in [0, 0.1) is 0 Å². The average Bonchev–Trinajstić information content (AvgIpc) is 2.16. The van der Waals surface area contributed by atoms with Gasteiger partial charge in [0.1, 0.15) is 0 Å². The molecule has 0 saturated heterocycles. The van der Waals surface area contributed by atoms with Gasteiger partial charge in [0, 0.05) is 12.7 Å². The molecule has 0 spiro atoms. The van der Waals surface area contributed by atoms with Crippen LogP contribution in [0.2, 0.25) is 0 Å². The van der Waals surface area contributed by atoms with Crippen molar-refractivity contribution in [2.75, 3.05) is 26.6 Å². The molecule has 0 saturated carbocycles. The van der Waals surface area contributed by atoms with Gasteiger partial charge in [-0.2, -0.15) is 0 Å². The molecule has 0 aromatic rings. The van der Waals surface area contributed by atoms with E-state index < -0.39 is 5.97 Å². The summed E-state index contributed by atoms with van der Waals surface area (Å²) >= 11 is 0. The summed E-state index contributed by atoms with van der Waals surface area (Å²) in [4.78, 5) is 10.5. The first kappa shape index (κ1) is 12.1. The Morgan fingerprint density at radius 1 is 1.31 bits per heavy atom. The van der Waals surface area contributed by atoms with Gasteiger partial charge in [-0.1, -0.05) is 13.5 Å². The van der Waals surface area contributed by atoms with Crippen molar-refractivity contribution < 1.29 is 19.0 Å². The second kappa shape index (κ2) is 9.22. The van der Waals surface area contributed by atoms with Gasteiger partial charge in [0.25, 0.3) is 0 Å². The fraction of sp³-hybridized carbons (Fsp3) is 0.667. The fourth-order valence-electron chi connectivity index (χ4n) is 0.582. The maximum absolute atomic E-state index is 10.5. The van der Waals surface area contributed by atoms with Crippen LogP contribution in [0.3, 0.4) is 0 Å². The van der Waals surface area contributed by atoms with E-state index in [1.807, 2.05) is 6.92 Å². The van der Waals surface area contributed by atoms with Crippen LogP contribution in [-0.4, -0.2) is 32.6 Å². The summed E-state index contributed by atoms with van der Waals surface area (Å²) in [5, 5.41) is 0. The molecule has 0 amide bonds. The topological polar surface area (TPSA) is 44.8 Å². The molecule has 0 aromatic carbocycles. The smallest absolute Gasteiger partial charge is 0.332 e. The molecule has 0 aliphatic heterocycles. The Labute approximate surface area is 78.5 Å². The first-order valence-electron chi connectivity index (χ1n) is 4.26. The van der Waals surface area contributed by atoms with Crippen LogP contribution in [0.4, 0.5) is 0 Å². The van der Waals surface area contributed by atoms with E-state index in [0.29, 0.717) is 13.2 Å². The van der Waals surface area contributed by atoms with Gasteiger partial charge in [-0.3, -0.25) is 0 Å². The molecule has 0 heterocycles. The minimum absolute atomic E-state index is 0.0413.